The first kappa shape index (κ1) is 20.0. The van der Waals surface area contributed by atoms with Crippen LogP contribution in [0.25, 0.3) is 0 Å². The van der Waals surface area contributed by atoms with Crippen molar-refractivity contribution in [3.8, 4) is 0 Å². The third kappa shape index (κ3) is 5.11. The van der Waals surface area contributed by atoms with E-state index in [0.717, 1.165) is 17.7 Å². The Bertz CT molecular complexity index is 734. The highest BCUT2D eigenvalue weighted by Crippen LogP contribution is 2.21. The fraction of sp³-hybridized carbons (Fsp3) is 0.381. The number of likely N-dealkylation sites (N-methyl/N-ethyl adjacent to an activating group) is 1. The number of rotatable bonds is 7. The fourth-order valence-electron chi connectivity index (χ4n) is 2.74. The van der Waals surface area contributed by atoms with Crippen LogP contribution < -0.4 is 0 Å². The first-order valence-electron chi connectivity index (χ1n) is 8.78. The first-order valence-corrected chi connectivity index (χ1v) is 8.78. The van der Waals surface area contributed by atoms with Crippen molar-refractivity contribution in [2.45, 2.75) is 39.4 Å². The summed E-state index contributed by atoms with van der Waals surface area (Å²) in [6.07, 6.45) is 0. The minimum atomic E-state index is -0.900. The number of carbonyl (C=O) groups excluding carboxylic acids is 1. The highest BCUT2D eigenvalue weighted by atomic mass is 19.2. The Labute approximate surface area is 154 Å². The van der Waals surface area contributed by atoms with E-state index in [4.69, 9.17) is 0 Å². The van der Waals surface area contributed by atoms with Crippen LogP contribution >= 0.6 is 0 Å². The van der Waals surface area contributed by atoms with Gasteiger partial charge in [-0.05, 0) is 44.0 Å². The Kier molecular flexibility index (Phi) is 6.86. The summed E-state index contributed by atoms with van der Waals surface area (Å²) in [7, 11) is 1.69. The molecule has 1 amide bonds. The van der Waals surface area contributed by atoms with Gasteiger partial charge in [0, 0.05) is 19.6 Å². The van der Waals surface area contributed by atoms with E-state index < -0.39 is 11.6 Å². The molecule has 0 N–H and O–H groups in total. The number of benzene rings is 2. The Hall–Kier alpha value is -2.27. The normalized spacial score (nSPS) is 12.5. The molecule has 3 nitrogen and oxygen atoms in total. The van der Waals surface area contributed by atoms with Crippen LogP contribution in [0.1, 0.15) is 37.9 Å². The van der Waals surface area contributed by atoms with Crippen molar-refractivity contribution in [1.29, 1.82) is 0 Å². The Balaban J connectivity index is 2.06. The highest BCUT2D eigenvalue weighted by molar-refractivity contribution is 5.78. The van der Waals surface area contributed by atoms with E-state index in [9.17, 15) is 13.6 Å². The minimum Gasteiger partial charge on any atom is -0.338 e. The molecular formula is C21H26F2N2O. The molecule has 0 heterocycles. The van der Waals surface area contributed by atoms with Gasteiger partial charge in [-0.25, -0.2) is 8.78 Å². The molecule has 2 rings (SSSR count). The monoisotopic (exact) mass is 360 g/mol. The molecule has 5 heteroatoms. The molecule has 140 valence electrons. The number of amides is 1. The van der Waals surface area contributed by atoms with Crippen molar-refractivity contribution in [2.24, 2.45) is 0 Å². The molecule has 0 aliphatic heterocycles. The van der Waals surface area contributed by atoms with Crippen LogP contribution in [0.3, 0.4) is 0 Å². The SMILES string of the molecule is CC(C)N(CC(=O)N(C)C(C)c1ccc(F)c(F)c1)Cc1ccccc1. The van der Waals surface area contributed by atoms with Gasteiger partial charge in [0.25, 0.3) is 0 Å². The van der Waals surface area contributed by atoms with Gasteiger partial charge >= 0.3 is 0 Å². The van der Waals surface area contributed by atoms with E-state index in [2.05, 4.69) is 18.7 Å². The second-order valence-corrected chi connectivity index (χ2v) is 6.84. The summed E-state index contributed by atoms with van der Waals surface area (Å²) in [5.74, 6) is -1.85. The summed E-state index contributed by atoms with van der Waals surface area (Å²) >= 11 is 0. The Morgan fingerprint density at radius 2 is 1.65 bits per heavy atom. The second-order valence-electron chi connectivity index (χ2n) is 6.84. The number of carbonyl (C=O) groups is 1. The van der Waals surface area contributed by atoms with Gasteiger partial charge in [0.05, 0.1) is 12.6 Å². The maximum atomic E-state index is 13.5. The van der Waals surface area contributed by atoms with Gasteiger partial charge in [-0.15, -0.1) is 0 Å². The smallest absolute Gasteiger partial charge is 0.237 e. The summed E-state index contributed by atoms with van der Waals surface area (Å²) in [5.41, 5.74) is 1.71. The summed E-state index contributed by atoms with van der Waals surface area (Å²) in [5, 5.41) is 0. The zero-order valence-corrected chi connectivity index (χ0v) is 15.7. The zero-order chi connectivity index (χ0) is 19.3. The van der Waals surface area contributed by atoms with E-state index in [1.165, 1.54) is 6.07 Å². The van der Waals surface area contributed by atoms with Gasteiger partial charge < -0.3 is 4.90 Å². The van der Waals surface area contributed by atoms with Crippen molar-refractivity contribution < 1.29 is 13.6 Å². The molecule has 0 aliphatic carbocycles. The molecule has 0 aliphatic rings. The fourth-order valence-corrected chi connectivity index (χ4v) is 2.74. The molecule has 2 aromatic carbocycles. The van der Waals surface area contributed by atoms with Crippen molar-refractivity contribution >= 4 is 5.91 Å². The van der Waals surface area contributed by atoms with E-state index >= 15 is 0 Å². The molecule has 0 radical (unpaired) electrons. The van der Waals surface area contributed by atoms with Gasteiger partial charge in [0.15, 0.2) is 11.6 Å². The third-order valence-electron chi connectivity index (χ3n) is 4.70. The first-order chi connectivity index (χ1) is 12.3. The van der Waals surface area contributed by atoms with Crippen molar-refractivity contribution in [3.05, 3.63) is 71.3 Å². The summed E-state index contributed by atoms with van der Waals surface area (Å²) in [6.45, 7) is 6.85. The molecule has 1 atom stereocenters. The summed E-state index contributed by atoms with van der Waals surface area (Å²) in [6, 6.07) is 13.6. The van der Waals surface area contributed by atoms with Crippen LogP contribution in [-0.4, -0.2) is 35.3 Å². The van der Waals surface area contributed by atoms with Crippen LogP contribution in [0.2, 0.25) is 0 Å². The van der Waals surface area contributed by atoms with Crippen molar-refractivity contribution in [3.63, 3.8) is 0 Å². The minimum absolute atomic E-state index is 0.0631. The van der Waals surface area contributed by atoms with Crippen LogP contribution in [-0.2, 0) is 11.3 Å². The molecule has 0 fully saturated rings. The Morgan fingerprint density at radius 1 is 1.00 bits per heavy atom. The van der Waals surface area contributed by atoms with Crippen LogP contribution in [0.15, 0.2) is 48.5 Å². The molecule has 0 saturated heterocycles. The molecule has 2 aromatic rings. The number of halogens is 2. The topological polar surface area (TPSA) is 23.6 Å². The molecule has 26 heavy (non-hydrogen) atoms. The number of hydrogen-bond acceptors (Lipinski definition) is 2. The average Bonchev–Trinajstić information content (AvgIpc) is 2.62. The standard InChI is InChI=1S/C21H26F2N2O/c1-15(2)25(13-17-8-6-5-7-9-17)14-21(26)24(4)16(3)18-10-11-19(22)20(23)12-18/h5-12,15-16H,13-14H2,1-4H3. The molecule has 0 aromatic heterocycles. The second kappa shape index (κ2) is 8.90. The third-order valence-corrected chi connectivity index (χ3v) is 4.70. The van der Waals surface area contributed by atoms with Gasteiger partial charge in [-0.3, -0.25) is 9.69 Å². The van der Waals surface area contributed by atoms with Gasteiger partial charge in [-0.1, -0.05) is 36.4 Å². The molecule has 0 saturated carbocycles. The lowest BCUT2D eigenvalue weighted by Gasteiger charge is -2.31. The maximum absolute atomic E-state index is 13.5. The van der Waals surface area contributed by atoms with E-state index in [-0.39, 0.29) is 24.5 Å². The van der Waals surface area contributed by atoms with Crippen LogP contribution in [0.4, 0.5) is 8.78 Å². The van der Waals surface area contributed by atoms with E-state index in [1.54, 1.807) is 11.9 Å². The van der Waals surface area contributed by atoms with Crippen LogP contribution in [0.5, 0.6) is 0 Å². The van der Waals surface area contributed by atoms with E-state index in [0.29, 0.717) is 12.1 Å². The lowest BCUT2D eigenvalue weighted by molar-refractivity contribution is -0.133. The zero-order valence-electron chi connectivity index (χ0n) is 15.7. The van der Waals surface area contributed by atoms with Crippen molar-refractivity contribution in [2.75, 3.05) is 13.6 Å². The molecule has 1 unspecified atom stereocenters. The number of hydrogen-bond donors (Lipinski definition) is 0. The lowest BCUT2D eigenvalue weighted by atomic mass is 10.1. The van der Waals surface area contributed by atoms with Gasteiger partial charge in [-0.2, -0.15) is 0 Å². The molecule has 0 spiro atoms. The summed E-state index contributed by atoms with van der Waals surface area (Å²) < 4.78 is 26.6. The largest absolute Gasteiger partial charge is 0.338 e. The highest BCUT2D eigenvalue weighted by Gasteiger charge is 2.22. The predicted molar refractivity (Wildman–Crippen MR) is 99.5 cm³/mol. The van der Waals surface area contributed by atoms with Crippen molar-refractivity contribution in [1.82, 2.24) is 9.80 Å². The molecular weight excluding hydrogens is 334 g/mol. The predicted octanol–water partition coefficient (Wildman–Crippen LogP) is 4.39. The van der Waals surface area contributed by atoms with Gasteiger partial charge in [0.1, 0.15) is 0 Å². The molecule has 0 bridgehead atoms. The average molecular weight is 360 g/mol. The lowest BCUT2D eigenvalue weighted by Crippen LogP contribution is -2.42. The maximum Gasteiger partial charge on any atom is 0.237 e. The Morgan fingerprint density at radius 3 is 2.23 bits per heavy atom. The number of nitrogens with zero attached hydrogens (tertiary/aromatic N) is 2. The van der Waals surface area contributed by atoms with Gasteiger partial charge in [0.2, 0.25) is 5.91 Å². The van der Waals surface area contributed by atoms with E-state index in [1.807, 2.05) is 37.3 Å². The summed E-state index contributed by atoms with van der Waals surface area (Å²) in [4.78, 5) is 16.4. The van der Waals surface area contributed by atoms with Crippen LogP contribution in [0, 0.1) is 11.6 Å². The quantitative estimate of drug-likeness (QED) is 0.731.